The Bertz CT molecular complexity index is 701. The van der Waals surface area contributed by atoms with E-state index in [1.165, 1.54) is 0 Å². The Hall–Kier alpha value is -1.79. The van der Waals surface area contributed by atoms with Gasteiger partial charge in [0.15, 0.2) is 0 Å². The van der Waals surface area contributed by atoms with Crippen LogP contribution in [0.25, 0.3) is 0 Å². The zero-order valence-electron chi connectivity index (χ0n) is 18.0. The first-order chi connectivity index (χ1) is 13.8. The number of nitrogens with zero attached hydrogens (tertiary/aromatic N) is 1. The van der Waals surface area contributed by atoms with Gasteiger partial charge in [0.1, 0.15) is 0 Å². The van der Waals surface area contributed by atoms with E-state index >= 15 is 0 Å². The van der Waals surface area contributed by atoms with E-state index in [4.69, 9.17) is 16.3 Å². The third kappa shape index (κ3) is 6.61. The maximum atomic E-state index is 12.9. The number of halogens is 1. The molecular formula is C22H34ClN3O3. The van der Waals surface area contributed by atoms with Crippen molar-refractivity contribution in [3.05, 3.63) is 23.8 Å². The van der Waals surface area contributed by atoms with Gasteiger partial charge >= 0.3 is 0 Å². The molecule has 162 valence electrons. The number of amides is 2. The number of carbonyl (C=O) groups excluding carboxylic acids is 2. The van der Waals surface area contributed by atoms with E-state index < -0.39 is 5.41 Å². The van der Waals surface area contributed by atoms with Gasteiger partial charge in [-0.1, -0.05) is 6.92 Å². The standard InChI is InChI=1S/C22H34ClN3O3/c1-16-8-11-26(12-9-16)19-7-6-17(25-21(28)22(2,3)15-23)14-18(19)20(27)24-10-5-13-29-4/h6-7,14,16H,5,8-13,15H2,1-4H3,(H,24,27)(H,25,28). The van der Waals surface area contributed by atoms with Crippen molar-refractivity contribution in [1.29, 1.82) is 0 Å². The van der Waals surface area contributed by atoms with Gasteiger partial charge in [0.25, 0.3) is 5.91 Å². The number of methoxy groups -OCH3 is 1. The largest absolute Gasteiger partial charge is 0.385 e. The molecule has 0 bridgehead atoms. The van der Waals surface area contributed by atoms with Gasteiger partial charge in [-0.15, -0.1) is 11.6 Å². The third-order valence-corrected chi connectivity index (χ3v) is 6.05. The second kappa shape index (κ2) is 10.8. The summed E-state index contributed by atoms with van der Waals surface area (Å²) in [5.41, 5.74) is 1.41. The topological polar surface area (TPSA) is 70.7 Å². The Morgan fingerprint density at radius 1 is 1.28 bits per heavy atom. The Morgan fingerprint density at radius 3 is 2.59 bits per heavy atom. The summed E-state index contributed by atoms with van der Waals surface area (Å²) in [6.07, 6.45) is 2.97. The van der Waals surface area contributed by atoms with E-state index in [1.54, 1.807) is 27.0 Å². The summed E-state index contributed by atoms with van der Waals surface area (Å²) in [6, 6.07) is 5.56. The molecule has 6 nitrogen and oxygen atoms in total. The number of alkyl halides is 1. The van der Waals surface area contributed by atoms with Crippen molar-refractivity contribution in [2.45, 2.75) is 40.0 Å². The van der Waals surface area contributed by atoms with Crippen molar-refractivity contribution in [3.63, 3.8) is 0 Å². The van der Waals surface area contributed by atoms with Crippen LogP contribution in [0.3, 0.4) is 0 Å². The zero-order valence-corrected chi connectivity index (χ0v) is 18.8. The number of anilines is 2. The molecule has 0 unspecified atom stereocenters. The first-order valence-corrected chi connectivity index (χ1v) is 10.9. The van der Waals surface area contributed by atoms with Crippen LogP contribution in [0, 0.1) is 11.3 Å². The molecular weight excluding hydrogens is 390 g/mol. The highest BCUT2D eigenvalue weighted by Crippen LogP contribution is 2.29. The molecule has 1 aromatic carbocycles. The summed E-state index contributed by atoms with van der Waals surface area (Å²) in [7, 11) is 1.64. The predicted molar refractivity (Wildman–Crippen MR) is 119 cm³/mol. The molecule has 0 radical (unpaired) electrons. The molecule has 29 heavy (non-hydrogen) atoms. The second-order valence-corrected chi connectivity index (χ2v) is 8.74. The van der Waals surface area contributed by atoms with Crippen LogP contribution in [0.15, 0.2) is 18.2 Å². The first-order valence-electron chi connectivity index (χ1n) is 10.3. The van der Waals surface area contributed by atoms with Crippen LogP contribution in [-0.2, 0) is 9.53 Å². The molecule has 1 aromatic rings. The molecule has 0 aliphatic carbocycles. The number of nitrogens with one attached hydrogen (secondary N) is 2. The zero-order chi connectivity index (χ0) is 21.4. The van der Waals surface area contributed by atoms with Crippen molar-refractivity contribution in [3.8, 4) is 0 Å². The minimum Gasteiger partial charge on any atom is -0.385 e. The van der Waals surface area contributed by atoms with Gasteiger partial charge in [0.05, 0.1) is 11.0 Å². The van der Waals surface area contributed by atoms with Crippen LogP contribution in [0.4, 0.5) is 11.4 Å². The third-order valence-electron chi connectivity index (χ3n) is 5.38. The molecule has 1 heterocycles. The molecule has 1 aliphatic rings. The summed E-state index contributed by atoms with van der Waals surface area (Å²) in [6.45, 7) is 8.84. The van der Waals surface area contributed by atoms with Crippen LogP contribution >= 0.6 is 11.6 Å². The van der Waals surface area contributed by atoms with Gasteiger partial charge in [-0.3, -0.25) is 9.59 Å². The lowest BCUT2D eigenvalue weighted by molar-refractivity contribution is -0.122. The maximum absolute atomic E-state index is 12.9. The number of hydrogen-bond donors (Lipinski definition) is 2. The summed E-state index contributed by atoms with van der Waals surface area (Å²) in [5.74, 6) is 0.616. The highest BCUT2D eigenvalue weighted by atomic mass is 35.5. The van der Waals surface area contributed by atoms with Crippen LogP contribution in [-0.4, -0.2) is 51.0 Å². The minimum atomic E-state index is -0.689. The smallest absolute Gasteiger partial charge is 0.253 e. The molecule has 1 saturated heterocycles. The van der Waals surface area contributed by atoms with Gasteiger partial charge in [-0.2, -0.15) is 0 Å². The highest BCUT2D eigenvalue weighted by molar-refractivity contribution is 6.20. The van der Waals surface area contributed by atoms with E-state index in [0.717, 1.165) is 38.0 Å². The lowest BCUT2D eigenvalue weighted by Crippen LogP contribution is -2.35. The Labute approximate surface area is 179 Å². The molecule has 0 spiro atoms. The predicted octanol–water partition coefficient (Wildman–Crippen LogP) is 3.89. The fourth-order valence-corrected chi connectivity index (χ4v) is 3.32. The van der Waals surface area contributed by atoms with Gasteiger partial charge in [-0.05, 0) is 57.2 Å². The van der Waals surface area contributed by atoms with Gasteiger partial charge in [-0.25, -0.2) is 0 Å². The van der Waals surface area contributed by atoms with Crippen LogP contribution in [0.2, 0.25) is 0 Å². The number of hydrogen-bond acceptors (Lipinski definition) is 4. The SMILES string of the molecule is COCCCNC(=O)c1cc(NC(=O)C(C)(C)CCl)ccc1N1CCC(C)CC1. The van der Waals surface area contributed by atoms with Crippen molar-refractivity contribution in [2.75, 3.05) is 49.4 Å². The summed E-state index contributed by atoms with van der Waals surface area (Å²) in [4.78, 5) is 27.7. The summed E-state index contributed by atoms with van der Waals surface area (Å²) >= 11 is 5.92. The average Bonchev–Trinajstić information content (AvgIpc) is 2.71. The molecule has 1 aliphatic heterocycles. The Morgan fingerprint density at radius 2 is 1.97 bits per heavy atom. The lowest BCUT2D eigenvalue weighted by Gasteiger charge is -2.33. The fourth-order valence-electron chi connectivity index (χ4n) is 3.20. The van der Waals surface area contributed by atoms with E-state index in [0.29, 0.717) is 30.3 Å². The minimum absolute atomic E-state index is 0.137. The van der Waals surface area contributed by atoms with Crippen molar-refractivity contribution < 1.29 is 14.3 Å². The van der Waals surface area contributed by atoms with Gasteiger partial charge in [0, 0.05) is 50.6 Å². The molecule has 1 fully saturated rings. The monoisotopic (exact) mass is 423 g/mol. The lowest BCUT2D eigenvalue weighted by atomic mass is 9.95. The number of ether oxygens (including phenoxy) is 1. The number of rotatable bonds is 9. The second-order valence-electron chi connectivity index (χ2n) is 8.48. The molecule has 2 N–H and O–H groups in total. The highest BCUT2D eigenvalue weighted by Gasteiger charge is 2.27. The summed E-state index contributed by atoms with van der Waals surface area (Å²) < 4.78 is 5.05. The summed E-state index contributed by atoms with van der Waals surface area (Å²) in [5, 5.41) is 5.86. The molecule has 2 amide bonds. The van der Waals surface area contributed by atoms with Crippen LogP contribution in [0.1, 0.15) is 50.4 Å². The van der Waals surface area contributed by atoms with E-state index in [9.17, 15) is 9.59 Å². The molecule has 0 aromatic heterocycles. The Balaban J connectivity index is 2.23. The molecule has 7 heteroatoms. The van der Waals surface area contributed by atoms with Gasteiger partial charge in [0.2, 0.25) is 5.91 Å². The maximum Gasteiger partial charge on any atom is 0.253 e. The van der Waals surface area contributed by atoms with E-state index in [2.05, 4.69) is 22.5 Å². The van der Waals surface area contributed by atoms with Crippen LogP contribution in [0.5, 0.6) is 0 Å². The number of carbonyl (C=O) groups is 2. The van der Waals surface area contributed by atoms with Gasteiger partial charge < -0.3 is 20.3 Å². The molecule has 0 atom stereocenters. The Kier molecular flexibility index (Phi) is 8.78. The molecule has 2 rings (SSSR count). The first kappa shape index (κ1) is 23.5. The average molecular weight is 424 g/mol. The van der Waals surface area contributed by atoms with Crippen molar-refractivity contribution in [1.82, 2.24) is 5.32 Å². The normalized spacial score (nSPS) is 15.3. The number of benzene rings is 1. The van der Waals surface area contributed by atoms with E-state index in [1.807, 2.05) is 12.1 Å². The number of piperidine rings is 1. The van der Waals surface area contributed by atoms with Crippen LogP contribution < -0.4 is 15.5 Å². The van der Waals surface area contributed by atoms with Crippen molar-refractivity contribution >= 4 is 34.8 Å². The molecule has 0 saturated carbocycles. The fraction of sp³-hybridized carbons (Fsp3) is 0.636. The van der Waals surface area contributed by atoms with E-state index in [-0.39, 0.29) is 17.7 Å². The van der Waals surface area contributed by atoms with Crippen molar-refractivity contribution in [2.24, 2.45) is 11.3 Å². The quantitative estimate of drug-likeness (QED) is 0.467.